The van der Waals surface area contributed by atoms with Gasteiger partial charge in [-0.1, -0.05) is 11.6 Å². The van der Waals surface area contributed by atoms with Crippen molar-refractivity contribution in [2.45, 2.75) is 6.04 Å². The summed E-state index contributed by atoms with van der Waals surface area (Å²) in [6, 6.07) is 3.24. The van der Waals surface area contributed by atoms with Crippen molar-refractivity contribution in [3.8, 4) is 0 Å². The second-order valence-corrected chi connectivity index (χ2v) is 5.99. The van der Waals surface area contributed by atoms with Gasteiger partial charge in [-0.2, -0.15) is 0 Å². The molecule has 1 saturated heterocycles. The van der Waals surface area contributed by atoms with Crippen molar-refractivity contribution in [3.63, 3.8) is 0 Å². The van der Waals surface area contributed by atoms with Crippen molar-refractivity contribution in [1.82, 2.24) is 10.2 Å². The highest BCUT2D eigenvalue weighted by atomic mass is 127. The topological polar surface area (TPSA) is 98.7 Å². The van der Waals surface area contributed by atoms with Gasteiger partial charge in [-0.25, -0.2) is 9.59 Å². The summed E-state index contributed by atoms with van der Waals surface area (Å²) in [5, 5.41) is 14.4. The molecule has 1 heterocycles. The molecular formula is C12H11ClIN3O4. The second kappa shape index (κ2) is 6.48. The first-order chi connectivity index (χ1) is 9.88. The van der Waals surface area contributed by atoms with Crippen molar-refractivity contribution in [2.24, 2.45) is 0 Å². The van der Waals surface area contributed by atoms with Gasteiger partial charge in [0.1, 0.15) is 12.6 Å². The van der Waals surface area contributed by atoms with E-state index in [9.17, 15) is 14.4 Å². The molecule has 3 amide bonds. The van der Waals surface area contributed by atoms with Crippen LogP contribution in [0, 0.1) is 3.57 Å². The summed E-state index contributed by atoms with van der Waals surface area (Å²) in [7, 11) is 0. The molecule has 0 spiro atoms. The predicted molar refractivity (Wildman–Crippen MR) is 84.3 cm³/mol. The molecule has 1 aliphatic rings. The summed E-state index contributed by atoms with van der Waals surface area (Å²) in [5.74, 6) is -1.59. The monoisotopic (exact) mass is 423 g/mol. The van der Waals surface area contributed by atoms with Gasteiger partial charge in [0, 0.05) is 10.1 Å². The number of urea groups is 1. The van der Waals surface area contributed by atoms with Crippen LogP contribution in [-0.2, 0) is 9.59 Å². The molecule has 0 bridgehead atoms. The smallest absolute Gasteiger partial charge is 0.328 e. The van der Waals surface area contributed by atoms with Crippen LogP contribution in [0.1, 0.15) is 0 Å². The standard InChI is InChI=1S/C12H11ClIN3O4/c13-7-3-6(14)1-2-8(7)16-12(21)17-5-10(18)15-4-9(17)11(19)20/h1-3,9H,4-5H2,(H,15,18)(H,16,21)(H,19,20). The number of hydrogen-bond donors (Lipinski definition) is 3. The van der Waals surface area contributed by atoms with Crippen molar-refractivity contribution >= 4 is 57.8 Å². The number of benzene rings is 1. The Kier molecular flexibility index (Phi) is 4.88. The highest BCUT2D eigenvalue weighted by Crippen LogP contribution is 2.24. The van der Waals surface area contributed by atoms with E-state index in [1.54, 1.807) is 18.2 Å². The molecule has 9 heteroatoms. The van der Waals surface area contributed by atoms with E-state index in [2.05, 4.69) is 33.2 Å². The van der Waals surface area contributed by atoms with Crippen molar-refractivity contribution in [2.75, 3.05) is 18.4 Å². The summed E-state index contributed by atoms with van der Waals surface area (Å²) >= 11 is 8.08. The number of carbonyl (C=O) groups excluding carboxylic acids is 2. The number of rotatable bonds is 2. The Morgan fingerprint density at radius 1 is 1.48 bits per heavy atom. The first-order valence-electron chi connectivity index (χ1n) is 5.90. The normalized spacial score (nSPS) is 18.1. The maximum Gasteiger partial charge on any atom is 0.328 e. The minimum Gasteiger partial charge on any atom is -0.480 e. The molecule has 3 N–H and O–H groups in total. The average molecular weight is 424 g/mol. The van der Waals surface area contributed by atoms with E-state index < -0.39 is 23.9 Å². The van der Waals surface area contributed by atoms with Gasteiger partial charge in [-0.05, 0) is 40.8 Å². The molecule has 0 aliphatic carbocycles. The maximum atomic E-state index is 12.2. The number of piperazine rings is 1. The largest absolute Gasteiger partial charge is 0.480 e. The molecule has 1 atom stereocenters. The quantitative estimate of drug-likeness (QED) is 0.626. The fourth-order valence-electron chi connectivity index (χ4n) is 1.85. The third-order valence-corrected chi connectivity index (χ3v) is 3.89. The molecule has 21 heavy (non-hydrogen) atoms. The lowest BCUT2D eigenvalue weighted by Gasteiger charge is -2.32. The van der Waals surface area contributed by atoms with E-state index in [0.29, 0.717) is 10.7 Å². The van der Waals surface area contributed by atoms with Gasteiger partial charge in [0.15, 0.2) is 0 Å². The molecule has 112 valence electrons. The molecule has 1 aliphatic heterocycles. The van der Waals surface area contributed by atoms with Crippen molar-refractivity contribution < 1.29 is 19.5 Å². The molecule has 7 nitrogen and oxygen atoms in total. The molecule has 0 radical (unpaired) electrons. The highest BCUT2D eigenvalue weighted by Gasteiger charge is 2.35. The number of hydrogen-bond acceptors (Lipinski definition) is 3. The van der Waals surface area contributed by atoms with E-state index in [1.807, 2.05) is 0 Å². The number of halogens is 2. The predicted octanol–water partition coefficient (Wildman–Crippen LogP) is 1.36. The highest BCUT2D eigenvalue weighted by molar-refractivity contribution is 14.1. The van der Waals surface area contributed by atoms with Crippen LogP contribution in [0.25, 0.3) is 0 Å². The SMILES string of the molecule is O=C1CN(C(=O)Nc2ccc(I)cc2Cl)C(C(=O)O)CN1. The fraction of sp³-hybridized carbons (Fsp3) is 0.250. The molecule has 1 unspecified atom stereocenters. The summed E-state index contributed by atoms with van der Waals surface area (Å²) in [6.45, 7) is -0.438. The minimum atomic E-state index is -1.18. The van der Waals surface area contributed by atoms with Crippen LogP contribution in [0.3, 0.4) is 0 Å². The van der Waals surface area contributed by atoms with Gasteiger partial charge in [-0.15, -0.1) is 0 Å². The Hall–Kier alpha value is -1.55. The van der Waals surface area contributed by atoms with Crippen molar-refractivity contribution in [3.05, 3.63) is 26.8 Å². The average Bonchev–Trinajstić information content (AvgIpc) is 2.41. The van der Waals surface area contributed by atoms with E-state index >= 15 is 0 Å². The summed E-state index contributed by atoms with van der Waals surface area (Å²) in [6.07, 6.45) is 0. The van der Waals surface area contributed by atoms with E-state index in [-0.39, 0.29) is 13.1 Å². The van der Waals surface area contributed by atoms with Crippen LogP contribution < -0.4 is 10.6 Å². The molecule has 1 fully saturated rings. The number of amides is 3. The zero-order valence-electron chi connectivity index (χ0n) is 10.6. The zero-order valence-corrected chi connectivity index (χ0v) is 13.5. The van der Waals surface area contributed by atoms with E-state index in [1.165, 1.54) is 0 Å². The van der Waals surface area contributed by atoms with Gasteiger partial charge in [-0.3, -0.25) is 9.69 Å². The van der Waals surface area contributed by atoms with Gasteiger partial charge >= 0.3 is 12.0 Å². The fourth-order valence-corrected chi connectivity index (χ4v) is 2.76. The number of nitrogens with one attached hydrogen (secondary N) is 2. The number of carboxylic acid groups (broad SMARTS) is 1. The number of carbonyl (C=O) groups is 3. The van der Waals surface area contributed by atoms with Gasteiger partial charge < -0.3 is 15.7 Å². The number of nitrogens with zero attached hydrogens (tertiary/aromatic N) is 1. The summed E-state index contributed by atoms with van der Waals surface area (Å²) < 4.78 is 0.899. The van der Waals surface area contributed by atoms with E-state index in [0.717, 1.165) is 8.47 Å². The molecule has 2 rings (SSSR count). The summed E-state index contributed by atoms with van der Waals surface area (Å²) in [4.78, 5) is 35.6. The van der Waals surface area contributed by atoms with Crippen LogP contribution >= 0.6 is 34.2 Å². The molecule has 0 aromatic heterocycles. The van der Waals surface area contributed by atoms with Gasteiger partial charge in [0.25, 0.3) is 0 Å². The third kappa shape index (κ3) is 3.76. The Morgan fingerprint density at radius 2 is 2.19 bits per heavy atom. The van der Waals surface area contributed by atoms with E-state index in [4.69, 9.17) is 16.7 Å². The Balaban J connectivity index is 2.17. The van der Waals surface area contributed by atoms with Crippen LogP contribution in [0.5, 0.6) is 0 Å². The Morgan fingerprint density at radius 3 is 2.81 bits per heavy atom. The number of anilines is 1. The van der Waals surface area contributed by atoms with Crippen LogP contribution in [0.15, 0.2) is 18.2 Å². The first-order valence-corrected chi connectivity index (χ1v) is 7.36. The lowest BCUT2D eigenvalue weighted by atomic mass is 10.2. The summed E-state index contributed by atoms with van der Waals surface area (Å²) in [5.41, 5.74) is 0.359. The number of carboxylic acids is 1. The second-order valence-electron chi connectivity index (χ2n) is 4.34. The maximum absolute atomic E-state index is 12.2. The van der Waals surface area contributed by atoms with Gasteiger partial charge in [0.05, 0.1) is 10.7 Å². The first kappa shape index (κ1) is 15.8. The Bertz CT molecular complexity index is 610. The van der Waals surface area contributed by atoms with Crippen LogP contribution in [0.4, 0.5) is 10.5 Å². The molecule has 0 saturated carbocycles. The molecule has 1 aromatic rings. The Labute approximate surface area is 138 Å². The number of aliphatic carboxylic acids is 1. The van der Waals surface area contributed by atoms with Crippen molar-refractivity contribution in [1.29, 1.82) is 0 Å². The molecular weight excluding hydrogens is 413 g/mol. The van der Waals surface area contributed by atoms with Gasteiger partial charge in [0.2, 0.25) is 5.91 Å². The lowest BCUT2D eigenvalue weighted by molar-refractivity contribution is -0.144. The third-order valence-electron chi connectivity index (χ3n) is 2.90. The molecule has 1 aromatic carbocycles. The zero-order chi connectivity index (χ0) is 15.6. The lowest BCUT2D eigenvalue weighted by Crippen LogP contribution is -2.60. The van der Waals surface area contributed by atoms with Crippen LogP contribution in [0.2, 0.25) is 5.02 Å². The minimum absolute atomic E-state index is 0.123. The van der Waals surface area contributed by atoms with Crippen LogP contribution in [-0.4, -0.2) is 47.0 Å².